The van der Waals surface area contributed by atoms with Gasteiger partial charge in [-0.3, -0.25) is 0 Å². The van der Waals surface area contributed by atoms with Crippen LogP contribution in [0.5, 0.6) is 0 Å². The average molecular weight is 236 g/mol. The number of nitrogen functional groups attached to an aromatic ring is 1. The van der Waals surface area contributed by atoms with Crippen LogP contribution in [0.1, 0.15) is 18.6 Å². The summed E-state index contributed by atoms with van der Waals surface area (Å²) in [7, 11) is 0. The summed E-state index contributed by atoms with van der Waals surface area (Å²) in [5.41, 5.74) is 20.0. The maximum absolute atomic E-state index is 9.78. The Hall–Kier alpha value is -1.30. The Morgan fingerprint density at radius 1 is 1.29 bits per heavy atom. The summed E-state index contributed by atoms with van der Waals surface area (Å²) in [6.07, 6.45) is -0.554. The second kappa shape index (κ2) is 4.52. The molecule has 17 heavy (non-hydrogen) atoms. The van der Waals surface area contributed by atoms with Crippen molar-refractivity contribution in [3.63, 3.8) is 0 Å². The lowest BCUT2D eigenvalue weighted by Gasteiger charge is -2.23. The van der Waals surface area contributed by atoms with E-state index in [1.165, 1.54) is 0 Å². The molecule has 0 radical (unpaired) electrons. The quantitative estimate of drug-likeness (QED) is 0.533. The number of nitrogens with two attached hydrogens (primary N) is 3. The fourth-order valence-electron chi connectivity index (χ4n) is 2.25. The molecule has 1 heterocycles. The van der Waals surface area contributed by atoms with Crippen molar-refractivity contribution in [2.75, 3.05) is 23.7 Å². The topological polar surface area (TPSA) is 102 Å². The van der Waals surface area contributed by atoms with Gasteiger partial charge in [0.15, 0.2) is 0 Å². The van der Waals surface area contributed by atoms with Gasteiger partial charge in [-0.25, -0.2) is 0 Å². The molecule has 5 heteroatoms. The highest BCUT2D eigenvalue weighted by Crippen LogP contribution is 2.30. The van der Waals surface area contributed by atoms with Crippen LogP contribution >= 0.6 is 0 Å². The van der Waals surface area contributed by atoms with Crippen molar-refractivity contribution in [3.05, 3.63) is 23.8 Å². The summed E-state index contributed by atoms with van der Waals surface area (Å²) in [5.74, 6) is 0. The molecule has 0 amide bonds. The van der Waals surface area contributed by atoms with Crippen molar-refractivity contribution in [2.24, 2.45) is 11.5 Å². The summed E-state index contributed by atoms with van der Waals surface area (Å²) in [4.78, 5) is 2.11. The lowest BCUT2D eigenvalue weighted by molar-refractivity contribution is 0.199. The minimum atomic E-state index is -0.554. The lowest BCUT2D eigenvalue weighted by atomic mass is 10.1. The Balaban J connectivity index is 2.32. The third-order valence-corrected chi connectivity index (χ3v) is 3.25. The number of anilines is 2. The zero-order valence-electron chi connectivity index (χ0n) is 10.0. The Labute approximate surface area is 101 Å². The van der Waals surface area contributed by atoms with Gasteiger partial charge < -0.3 is 27.2 Å². The van der Waals surface area contributed by atoms with Crippen molar-refractivity contribution in [3.8, 4) is 0 Å². The second-order valence-corrected chi connectivity index (χ2v) is 4.73. The van der Waals surface area contributed by atoms with Gasteiger partial charge in [0.25, 0.3) is 0 Å². The van der Waals surface area contributed by atoms with Gasteiger partial charge in [0, 0.05) is 42.1 Å². The summed E-state index contributed by atoms with van der Waals surface area (Å²) >= 11 is 0. The Bertz CT molecular complexity index is 397. The van der Waals surface area contributed by atoms with E-state index in [-0.39, 0.29) is 12.1 Å². The predicted molar refractivity (Wildman–Crippen MR) is 69.7 cm³/mol. The largest absolute Gasteiger partial charge is 0.399 e. The highest BCUT2D eigenvalue weighted by atomic mass is 16.3. The van der Waals surface area contributed by atoms with Crippen LogP contribution in [0.3, 0.4) is 0 Å². The van der Waals surface area contributed by atoms with Crippen LogP contribution in [-0.4, -0.2) is 30.3 Å². The van der Waals surface area contributed by atoms with E-state index in [9.17, 15) is 5.11 Å². The minimum absolute atomic E-state index is 0.0191. The van der Waals surface area contributed by atoms with Crippen LogP contribution in [-0.2, 0) is 0 Å². The molecule has 7 N–H and O–H groups in total. The molecule has 94 valence electrons. The molecule has 0 bridgehead atoms. The zero-order chi connectivity index (χ0) is 12.6. The minimum Gasteiger partial charge on any atom is -0.399 e. The van der Waals surface area contributed by atoms with E-state index in [1.807, 2.05) is 12.1 Å². The van der Waals surface area contributed by atoms with E-state index < -0.39 is 6.10 Å². The van der Waals surface area contributed by atoms with E-state index in [1.54, 1.807) is 13.0 Å². The number of benzene rings is 1. The first-order valence-corrected chi connectivity index (χ1v) is 5.82. The number of hydrogen-bond acceptors (Lipinski definition) is 5. The summed E-state index contributed by atoms with van der Waals surface area (Å²) in [6, 6.07) is 5.51. The Morgan fingerprint density at radius 2 is 1.88 bits per heavy atom. The molecule has 1 saturated heterocycles. The third kappa shape index (κ3) is 2.36. The molecule has 3 unspecified atom stereocenters. The van der Waals surface area contributed by atoms with Crippen LogP contribution in [0.4, 0.5) is 11.4 Å². The van der Waals surface area contributed by atoms with E-state index in [0.717, 1.165) is 11.3 Å². The predicted octanol–water partition coefficient (Wildman–Crippen LogP) is -0.203. The molecule has 1 aliphatic rings. The summed E-state index contributed by atoms with van der Waals surface area (Å²) < 4.78 is 0. The molecule has 1 aromatic carbocycles. The number of aliphatic hydroxyl groups excluding tert-OH is 1. The first-order chi connectivity index (χ1) is 7.99. The first-order valence-electron chi connectivity index (χ1n) is 5.82. The number of aliphatic hydroxyl groups is 1. The number of hydrogen-bond donors (Lipinski definition) is 4. The van der Waals surface area contributed by atoms with Gasteiger partial charge in [-0.1, -0.05) is 0 Å². The highest BCUT2D eigenvalue weighted by Gasteiger charge is 2.28. The fraction of sp³-hybridized carbons (Fsp3) is 0.500. The molecule has 0 saturated carbocycles. The maximum atomic E-state index is 9.78. The van der Waals surface area contributed by atoms with Crippen molar-refractivity contribution in [1.82, 2.24) is 0 Å². The molecular formula is C12H20N4O. The Morgan fingerprint density at radius 3 is 2.41 bits per heavy atom. The fourth-order valence-corrected chi connectivity index (χ4v) is 2.25. The number of nitrogens with zero attached hydrogens (tertiary/aromatic N) is 1. The molecule has 5 nitrogen and oxygen atoms in total. The monoisotopic (exact) mass is 236 g/mol. The van der Waals surface area contributed by atoms with Crippen molar-refractivity contribution in [1.29, 1.82) is 0 Å². The number of rotatable bonds is 2. The van der Waals surface area contributed by atoms with Gasteiger partial charge in [-0.15, -0.1) is 0 Å². The van der Waals surface area contributed by atoms with Crippen molar-refractivity contribution >= 4 is 11.4 Å². The molecule has 0 aromatic heterocycles. The van der Waals surface area contributed by atoms with Crippen LogP contribution < -0.4 is 22.1 Å². The van der Waals surface area contributed by atoms with Crippen LogP contribution in [0, 0.1) is 0 Å². The third-order valence-electron chi connectivity index (χ3n) is 3.25. The van der Waals surface area contributed by atoms with Crippen LogP contribution in [0.25, 0.3) is 0 Å². The maximum Gasteiger partial charge on any atom is 0.0782 e. The van der Waals surface area contributed by atoms with Gasteiger partial charge >= 0.3 is 0 Å². The summed E-state index contributed by atoms with van der Waals surface area (Å²) in [5, 5.41) is 9.78. The average Bonchev–Trinajstić information content (AvgIpc) is 2.59. The molecule has 2 rings (SSSR count). The van der Waals surface area contributed by atoms with Gasteiger partial charge in [0.1, 0.15) is 0 Å². The Kier molecular flexibility index (Phi) is 3.24. The SMILES string of the molecule is CC(O)c1cc(N)ccc1N1CC(N)C(N)C1. The molecule has 1 aliphatic heterocycles. The molecule has 1 aromatic rings. The lowest BCUT2D eigenvalue weighted by Crippen LogP contribution is -2.39. The van der Waals surface area contributed by atoms with Gasteiger partial charge in [0.2, 0.25) is 0 Å². The smallest absolute Gasteiger partial charge is 0.0782 e. The van der Waals surface area contributed by atoms with Gasteiger partial charge in [-0.05, 0) is 25.1 Å². The van der Waals surface area contributed by atoms with E-state index >= 15 is 0 Å². The van der Waals surface area contributed by atoms with Gasteiger partial charge in [0.05, 0.1) is 6.10 Å². The van der Waals surface area contributed by atoms with Crippen molar-refractivity contribution < 1.29 is 5.11 Å². The van der Waals surface area contributed by atoms with Gasteiger partial charge in [-0.2, -0.15) is 0 Å². The van der Waals surface area contributed by atoms with E-state index in [4.69, 9.17) is 17.2 Å². The standard InChI is InChI=1S/C12H20N4O/c1-7(17)9-4-8(13)2-3-12(9)16-5-10(14)11(15)6-16/h2-4,7,10-11,17H,5-6,13-15H2,1H3. The van der Waals surface area contributed by atoms with E-state index in [2.05, 4.69) is 4.90 Å². The normalized spacial score (nSPS) is 26.2. The molecule has 0 spiro atoms. The van der Waals surface area contributed by atoms with E-state index in [0.29, 0.717) is 18.8 Å². The van der Waals surface area contributed by atoms with Crippen LogP contribution in [0.2, 0.25) is 0 Å². The second-order valence-electron chi connectivity index (χ2n) is 4.73. The first kappa shape index (κ1) is 12.2. The molecule has 1 fully saturated rings. The highest BCUT2D eigenvalue weighted by molar-refractivity contribution is 5.61. The molecular weight excluding hydrogens is 216 g/mol. The zero-order valence-corrected chi connectivity index (χ0v) is 10.0. The van der Waals surface area contributed by atoms with Crippen LogP contribution in [0.15, 0.2) is 18.2 Å². The van der Waals surface area contributed by atoms with Crippen molar-refractivity contribution in [2.45, 2.75) is 25.1 Å². The molecule has 3 atom stereocenters. The summed E-state index contributed by atoms with van der Waals surface area (Å²) in [6.45, 7) is 3.16. The molecule has 0 aliphatic carbocycles.